The molecule has 104 valence electrons. The van der Waals surface area contributed by atoms with Crippen LogP contribution in [-0.4, -0.2) is 14.1 Å². The van der Waals surface area contributed by atoms with Gasteiger partial charge in [-0.1, -0.05) is 18.5 Å². The maximum atomic E-state index is 12.0. The third kappa shape index (κ3) is 3.94. The number of hydrogen-bond donors (Lipinski definition) is 1. The van der Waals surface area contributed by atoms with E-state index in [1.54, 1.807) is 12.1 Å². The Morgan fingerprint density at radius 3 is 2.63 bits per heavy atom. The van der Waals surface area contributed by atoms with Crippen molar-refractivity contribution in [1.82, 2.24) is 4.83 Å². The second kappa shape index (κ2) is 5.92. The molecule has 0 unspecified atom stereocenters. The Labute approximate surface area is 118 Å². The van der Waals surface area contributed by atoms with Crippen molar-refractivity contribution in [3.05, 3.63) is 29.3 Å². The van der Waals surface area contributed by atoms with Crippen molar-refractivity contribution in [2.75, 3.05) is 0 Å². The fourth-order valence-electron chi connectivity index (χ4n) is 2.15. The lowest BCUT2D eigenvalue weighted by atomic mass is 9.89. The molecule has 0 aliphatic heterocycles. The zero-order valence-electron chi connectivity index (χ0n) is 10.8. The number of halogens is 1. The summed E-state index contributed by atoms with van der Waals surface area (Å²) in [6, 6.07) is 6.03. The molecule has 1 aromatic rings. The number of hydrogen-bond acceptors (Lipinski definition) is 3. The Morgan fingerprint density at radius 1 is 1.32 bits per heavy atom. The van der Waals surface area contributed by atoms with Crippen LogP contribution in [0.5, 0.6) is 0 Å². The summed E-state index contributed by atoms with van der Waals surface area (Å²) in [6.45, 7) is 2.16. The highest BCUT2D eigenvalue weighted by Crippen LogP contribution is 2.21. The van der Waals surface area contributed by atoms with E-state index >= 15 is 0 Å². The molecule has 0 radical (unpaired) electrons. The van der Waals surface area contributed by atoms with Crippen molar-refractivity contribution in [2.24, 2.45) is 11.0 Å². The van der Waals surface area contributed by atoms with Crippen LogP contribution in [0.15, 0.2) is 34.3 Å². The Hall–Kier alpha value is -1.07. The van der Waals surface area contributed by atoms with Crippen molar-refractivity contribution in [3.63, 3.8) is 0 Å². The lowest BCUT2D eigenvalue weighted by Crippen LogP contribution is -2.22. The molecular weight excluding hydrogens is 284 g/mol. The average Bonchev–Trinajstić information content (AvgIpc) is 2.37. The monoisotopic (exact) mass is 300 g/mol. The van der Waals surface area contributed by atoms with Crippen LogP contribution in [0.4, 0.5) is 0 Å². The van der Waals surface area contributed by atoms with Crippen molar-refractivity contribution >= 4 is 27.3 Å². The van der Waals surface area contributed by atoms with Crippen LogP contribution < -0.4 is 4.83 Å². The lowest BCUT2D eigenvalue weighted by Gasteiger charge is -2.19. The van der Waals surface area contributed by atoms with E-state index in [4.69, 9.17) is 11.6 Å². The van der Waals surface area contributed by atoms with Crippen LogP contribution in [0.2, 0.25) is 5.02 Å². The Morgan fingerprint density at radius 2 is 2.00 bits per heavy atom. The highest BCUT2D eigenvalue weighted by Gasteiger charge is 2.16. The van der Waals surface area contributed by atoms with Gasteiger partial charge in [0.1, 0.15) is 0 Å². The topological polar surface area (TPSA) is 58.5 Å². The number of nitrogens with one attached hydrogen (secondary N) is 1. The second-order valence-electron chi connectivity index (χ2n) is 4.93. The van der Waals surface area contributed by atoms with Gasteiger partial charge in [0.25, 0.3) is 10.0 Å². The molecule has 0 spiro atoms. The minimum absolute atomic E-state index is 0.171. The first-order valence-corrected chi connectivity index (χ1v) is 8.16. The molecule has 0 heterocycles. The summed E-state index contributed by atoms with van der Waals surface area (Å²) in [7, 11) is -3.59. The van der Waals surface area contributed by atoms with Crippen LogP contribution in [0.25, 0.3) is 0 Å². The van der Waals surface area contributed by atoms with Crippen molar-refractivity contribution < 1.29 is 8.42 Å². The van der Waals surface area contributed by atoms with Crippen LogP contribution >= 0.6 is 11.6 Å². The van der Waals surface area contributed by atoms with Crippen LogP contribution in [-0.2, 0) is 10.0 Å². The summed E-state index contributed by atoms with van der Waals surface area (Å²) in [5.74, 6) is 0.576. The van der Waals surface area contributed by atoms with E-state index in [1.165, 1.54) is 18.6 Å². The first-order chi connectivity index (χ1) is 8.97. The standard InChI is InChI=1S/C13H17ClN2O2S/c1-10-3-2-4-12(9-10)15-16-19(17,18)13-7-5-11(14)6-8-13/h5-8,10,16H,2-4,9H2,1H3/b15-12-/t10-/m1/s1. The van der Waals surface area contributed by atoms with Gasteiger partial charge in [-0.15, -0.1) is 0 Å². The molecule has 1 aliphatic carbocycles. The number of benzene rings is 1. The fourth-order valence-corrected chi connectivity index (χ4v) is 3.13. The van der Waals surface area contributed by atoms with E-state index in [9.17, 15) is 8.42 Å². The largest absolute Gasteiger partial charge is 0.276 e. The molecule has 1 atom stereocenters. The molecule has 6 heteroatoms. The maximum absolute atomic E-state index is 12.0. The molecule has 0 aromatic heterocycles. The van der Waals surface area contributed by atoms with Gasteiger partial charge < -0.3 is 0 Å². The van der Waals surface area contributed by atoms with Gasteiger partial charge in [-0.2, -0.15) is 13.5 Å². The molecule has 1 saturated carbocycles. The molecule has 0 bridgehead atoms. The molecule has 0 saturated heterocycles. The van der Waals surface area contributed by atoms with Gasteiger partial charge in [0.15, 0.2) is 0 Å². The summed E-state index contributed by atoms with van der Waals surface area (Å²) in [4.78, 5) is 2.47. The number of hydrazone groups is 1. The number of nitrogens with zero attached hydrogens (tertiary/aromatic N) is 1. The van der Waals surface area contributed by atoms with Gasteiger partial charge in [-0.3, -0.25) is 0 Å². The number of rotatable bonds is 3. The van der Waals surface area contributed by atoms with Crippen LogP contribution in [0, 0.1) is 5.92 Å². The summed E-state index contributed by atoms with van der Waals surface area (Å²) in [5.41, 5.74) is 0.927. The van der Waals surface area contributed by atoms with Gasteiger partial charge in [0.05, 0.1) is 4.90 Å². The van der Waals surface area contributed by atoms with Gasteiger partial charge in [-0.05, 0) is 55.9 Å². The smallest absolute Gasteiger partial charge is 0.200 e. The zero-order chi connectivity index (χ0) is 13.9. The molecule has 4 nitrogen and oxygen atoms in total. The Kier molecular flexibility index (Phi) is 4.47. The minimum Gasteiger partial charge on any atom is -0.200 e. The highest BCUT2D eigenvalue weighted by molar-refractivity contribution is 7.89. The first kappa shape index (κ1) is 14.3. The Bertz CT molecular complexity index is 567. The molecule has 1 fully saturated rings. The van der Waals surface area contributed by atoms with Crippen LogP contribution in [0.3, 0.4) is 0 Å². The fraction of sp³-hybridized carbons (Fsp3) is 0.462. The van der Waals surface area contributed by atoms with E-state index in [0.29, 0.717) is 10.9 Å². The zero-order valence-corrected chi connectivity index (χ0v) is 12.3. The summed E-state index contributed by atoms with van der Waals surface area (Å²) < 4.78 is 24.0. The lowest BCUT2D eigenvalue weighted by molar-refractivity contribution is 0.498. The van der Waals surface area contributed by atoms with Crippen molar-refractivity contribution in [2.45, 2.75) is 37.5 Å². The molecule has 1 aromatic carbocycles. The third-order valence-electron chi connectivity index (χ3n) is 3.19. The van der Waals surface area contributed by atoms with E-state index in [1.807, 2.05) is 0 Å². The molecule has 19 heavy (non-hydrogen) atoms. The van der Waals surface area contributed by atoms with Crippen LogP contribution in [0.1, 0.15) is 32.6 Å². The number of sulfonamides is 1. The van der Waals surface area contributed by atoms with E-state index in [2.05, 4.69) is 16.9 Å². The Balaban J connectivity index is 2.09. The molecule has 1 N–H and O–H groups in total. The predicted octanol–water partition coefficient (Wildman–Crippen LogP) is 3.18. The highest BCUT2D eigenvalue weighted by atomic mass is 35.5. The molecule has 1 aliphatic rings. The van der Waals surface area contributed by atoms with Crippen molar-refractivity contribution in [3.8, 4) is 0 Å². The van der Waals surface area contributed by atoms with Crippen molar-refractivity contribution in [1.29, 1.82) is 0 Å². The van der Waals surface area contributed by atoms with Gasteiger partial charge in [0, 0.05) is 10.7 Å². The molecule has 2 rings (SSSR count). The third-order valence-corrected chi connectivity index (χ3v) is 4.67. The average molecular weight is 301 g/mol. The quantitative estimate of drug-likeness (QED) is 0.872. The van der Waals surface area contributed by atoms with Gasteiger partial charge in [-0.25, -0.2) is 4.83 Å². The van der Waals surface area contributed by atoms with E-state index in [0.717, 1.165) is 25.0 Å². The minimum atomic E-state index is -3.59. The van der Waals surface area contributed by atoms with E-state index < -0.39 is 10.0 Å². The second-order valence-corrected chi connectivity index (χ2v) is 7.03. The summed E-state index contributed by atoms with van der Waals surface area (Å²) in [6.07, 6.45) is 3.99. The summed E-state index contributed by atoms with van der Waals surface area (Å²) in [5, 5.41) is 4.56. The maximum Gasteiger partial charge on any atom is 0.276 e. The SMILES string of the molecule is C[C@@H]1CCC/C(=N/NS(=O)(=O)c2ccc(Cl)cc2)C1. The molecule has 0 amide bonds. The van der Waals surface area contributed by atoms with E-state index in [-0.39, 0.29) is 4.90 Å². The van der Waals surface area contributed by atoms with Gasteiger partial charge >= 0.3 is 0 Å². The summed E-state index contributed by atoms with van der Waals surface area (Å²) >= 11 is 5.73. The molecular formula is C13H17ClN2O2S. The first-order valence-electron chi connectivity index (χ1n) is 6.30. The normalized spacial score (nSPS) is 22.4. The van der Waals surface area contributed by atoms with Gasteiger partial charge in [0.2, 0.25) is 0 Å². The predicted molar refractivity (Wildman–Crippen MR) is 76.8 cm³/mol.